The van der Waals surface area contributed by atoms with Gasteiger partial charge in [-0.05, 0) is 0 Å². The van der Waals surface area contributed by atoms with Gasteiger partial charge in [0.2, 0.25) is 0 Å². The van der Waals surface area contributed by atoms with Crippen molar-refractivity contribution in [3.8, 4) is 0 Å². The van der Waals surface area contributed by atoms with E-state index in [0.717, 1.165) is 0 Å². The zero-order chi connectivity index (χ0) is 9.97. The van der Waals surface area contributed by atoms with Gasteiger partial charge < -0.3 is 15.4 Å². The fraction of sp³-hybridized carbons (Fsp3) is 0.500. The minimum absolute atomic E-state index is 0.0463. The first-order chi connectivity index (χ1) is 6.77. The van der Waals surface area contributed by atoms with Crippen molar-refractivity contribution < 1.29 is 9.53 Å². The number of rotatable bonds is 1. The Morgan fingerprint density at radius 1 is 1.57 bits per heavy atom. The third kappa shape index (κ3) is 1.85. The number of nitrogen functional groups attached to an aromatic ring is 1. The molecule has 2 N–H and O–H groups in total. The molecule has 1 fully saturated rings. The zero-order valence-electron chi connectivity index (χ0n) is 7.60. The topological polar surface area (TPSA) is 68.5 Å². The summed E-state index contributed by atoms with van der Waals surface area (Å²) in [6.45, 7) is 2.48. The summed E-state index contributed by atoms with van der Waals surface area (Å²) in [4.78, 5) is 17.5. The molecule has 0 saturated carbocycles. The first kappa shape index (κ1) is 9.42. The summed E-state index contributed by atoms with van der Waals surface area (Å²) in [6, 6.07) is 0. The van der Waals surface area contributed by atoms with Crippen LogP contribution in [-0.2, 0) is 4.74 Å². The number of carbonyl (C=O) groups is 1. The molecular weight excluding hydrogens is 202 g/mol. The van der Waals surface area contributed by atoms with Crippen LogP contribution in [0.4, 0.5) is 5.00 Å². The van der Waals surface area contributed by atoms with Crippen LogP contribution in [-0.4, -0.2) is 42.1 Å². The lowest BCUT2D eigenvalue weighted by Crippen LogP contribution is -2.40. The average molecular weight is 213 g/mol. The van der Waals surface area contributed by atoms with Gasteiger partial charge in [-0.25, -0.2) is 4.98 Å². The van der Waals surface area contributed by atoms with E-state index in [1.165, 1.54) is 17.5 Å². The van der Waals surface area contributed by atoms with Crippen molar-refractivity contribution in [2.24, 2.45) is 0 Å². The van der Waals surface area contributed by atoms with Gasteiger partial charge in [-0.3, -0.25) is 4.79 Å². The second-order valence-electron chi connectivity index (χ2n) is 2.97. The fourth-order valence-electron chi connectivity index (χ4n) is 1.29. The van der Waals surface area contributed by atoms with Crippen molar-refractivity contribution in [2.75, 3.05) is 32.0 Å². The first-order valence-electron chi connectivity index (χ1n) is 4.35. The van der Waals surface area contributed by atoms with E-state index < -0.39 is 0 Å². The van der Waals surface area contributed by atoms with Gasteiger partial charge >= 0.3 is 0 Å². The lowest BCUT2D eigenvalue weighted by Gasteiger charge is -2.25. The molecule has 1 saturated heterocycles. The van der Waals surface area contributed by atoms with E-state index in [9.17, 15) is 4.79 Å². The number of nitrogens with two attached hydrogens (primary N) is 1. The van der Waals surface area contributed by atoms with Crippen LogP contribution < -0.4 is 5.73 Å². The number of hydrogen-bond acceptors (Lipinski definition) is 5. The van der Waals surface area contributed by atoms with E-state index >= 15 is 0 Å². The average Bonchev–Trinajstić information content (AvgIpc) is 2.65. The molecule has 0 bridgehead atoms. The highest BCUT2D eigenvalue weighted by molar-refractivity contribution is 7.17. The Morgan fingerprint density at radius 3 is 2.86 bits per heavy atom. The molecule has 1 amide bonds. The summed E-state index contributed by atoms with van der Waals surface area (Å²) in [6.07, 6.45) is 1.51. The highest BCUT2D eigenvalue weighted by Gasteiger charge is 2.20. The molecule has 2 rings (SSSR count). The number of carbonyl (C=O) groups excluding carboxylic acids is 1. The molecule has 14 heavy (non-hydrogen) atoms. The molecule has 1 aliphatic rings. The maximum absolute atomic E-state index is 11.8. The van der Waals surface area contributed by atoms with Crippen molar-refractivity contribution in [3.63, 3.8) is 0 Å². The third-order valence-corrected chi connectivity index (χ3v) is 2.82. The van der Waals surface area contributed by atoms with Gasteiger partial charge in [0.1, 0.15) is 5.00 Å². The molecule has 76 valence electrons. The highest BCUT2D eigenvalue weighted by Crippen LogP contribution is 2.16. The molecule has 2 heterocycles. The van der Waals surface area contributed by atoms with E-state index in [1.807, 2.05) is 0 Å². The number of morpholine rings is 1. The molecule has 0 aromatic carbocycles. The normalized spacial score (nSPS) is 17.0. The first-order valence-corrected chi connectivity index (χ1v) is 5.17. The predicted octanol–water partition coefficient (Wildman–Crippen LogP) is 0.198. The Labute approximate surface area is 85.5 Å². The smallest absolute Gasteiger partial charge is 0.283 e. The summed E-state index contributed by atoms with van der Waals surface area (Å²) in [5, 5.41) is 1.03. The summed E-state index contributed by atoms with van der Waals surface area (Å²) >= 11 is 1.22. The lowest BCUT2D eigenvalue weighted by molar-refractivity contribution is 0.0302. The molecule has 0 aliphatic carbocycles. The number of nitrogens with zero attached hydrogens (tertiary/aromatic N) is 2. The van der Waals surface area contributed by atoms with Crippen molar-refractivity contribution in [3.05, 3.63) is 11.2 Å². The summed E-state index contributed by atoms with van der Waals surface area (Å²) in [5.74, 6) is -0.0463. The SMILES string of the molecule is Nc1cnc(C(=O)N2CCOCC2)s1. The number of anilines is 1. The maximum Gasteiger partial charge on any atom is 0.283 e. The van der Waals surface area contributed by atoms with Crippen molar-refractivity contribution in [1.82, 2.24) is 9.88 Å². The molecule has 1 aromatic heterocycles. The van der Waals surface area contributed by atoms with Crippen LogP contribution in [0.25, 0.3) is 0 Å². The van der Waals surface area contributed by atoms with Crippen LogP contribution in [0.1, 0.15) is 9.80 Å². The van der Waals surface area contributed by atoms with Gasteiger partial charge in [-0.2, -0.15) is 0 Å². The largest absolute Gasteiger partial charge is 0.389 e. The molecule has 6 heteroatoms. The predicted molar refractivity (Wildman–Crippen MR) is 53.2 cm³/mol. The van der Waals surface area contributed by atoms with Gasteiger partial charge in [0.05, 0.1) is 19.4 Å². The Kier molecular flexibility index (Phi) is 2.64. The van der Waals surface area contributed by atoms with E-state index in [0.29, 0.717) is 36.3 Å². The van der Waals surface area contributed by atoms with Crippen LogP contribution >= 0.6 is 11.3 Å². The van der Waals surface area contributed by atoms with Gasteiger partial charge in [-0.15, -0.1) is 0 Å². The Balaban J connectivity index is 2.07. The standard InChI is InChI=1S/C8H11N3O2S/c9-6-5-10-7(14-6)8(12)11-1-3-13-4-2-11/h5H,1-4,9H2. The molecule has 5 nitrogen and oxygen atoms in total. The van der Waals surface area contributed by atoms with Crippen molar-refractivity contribution in [1.29, 1.82) is 0 Å². The number of ether oxygens (including phenoxy) is 1. The molecule has 0 unspecified atom stereocenters. The highest BCUT2D eigenvalue weighted by atomic mass is 32.1. The van der Waals surface area contributed by atoms with Crippen LogP contribution in [0.2, 0.25) is 0 Å². The Bertz CT molecular complexity index is 333. The number of thiazole rings is 1. The van der Waals surface area contributed by atoms with Crippen LogP contribution in [0.5, 0.6) is 0 Å². The molecule has 0 atom stereocenters. The summed E-state index contributed by atoms with van der Waals surface area (Å²) in [7, 11) is 0. The second-order valence-corrected chi connectivity index (χ2v) is 4.03. The summed E-state index contributed by atoms with van der Waals surface area (Å²) < 4.78 is 5.16. The summed E-state index contributed by atoms with van der Waals surface area (Å²) in [5.41, 5.74) is 5.51. The van der Waals surface area contributed by atoms with Gasteiger partial charge in [0.25, 0.3) is 5.91 Å². The number of amides is 1. The van der Waals surface area contributed by atoms with E-state index in [1.54, 1.807) is 4.90 Å². The monoisotopic (exact) mass is 213 g/mol. The number of hydrogen-bond donors (Lipinski definition) is 1. The minimum Gasteiger partial charge on any atom is -0.389 e. The van der Waals surface area contributed by atoms with Crippen molar-refractivity contribution >= 4 is 22.2 Å². The molecular formula is C8H11N3O2S. The quantitative estimate of drug-likeness (QED) is 0.723. The zero-order valence-corrected chi connectivity index (χ0v) is 8.42. The molecule has 0 radical (unpaired) electrons. The van der Waals surface area contributed by atoms with Crippen molar-refractivity contribution in [2.45, 2.75) is 0 Å². The van der Waals surface area contributed by atoms with Gasteiger partial charge in [0, 0.05) is 13.1 Å². The van der Waals surface area contributed by atoms with Gasteiger partial charge in [0.15, 0.2) is 5.01 Å². The third-order valence-electron chi connectivity index (χ3n) is 2.00. The second kappa shape index (κ2) is 3.93. The van der Waals surface area contributed by atoms with E-state index in [-0.39, 0.29) is 5.91 Å². The Morgan fingerprint density at radius 2 is 2.29 bits per heavy atom. The fourth-order valence-corrected chi connectivity index (χ4v) is 1.94. The maximum atomic E-state index is 11.8. The van der Waals surface area contributed by atoms with Gasteiger partial charge in [-0.1, -0.05) is 11.3 Å². The van der Waals surface area contributed by atoms with Crippen LogP contribution in [0.15, 0.2) is 6.20 Å². The molecule has 0 spiro atoms. The van der Waals surface area contributed by atoms with E-state index in [4.69, 9.17) is 10.5 Å². The van der Waals surface area contributed by atoms with E-state index in [2.05, 4.69) is 4.98 Å². The number of aromatic nitrogens is 1. The van der Waals surface area contributed by atoms with Crippen LogP contribution in [0.3, 0.4) is 0 Å². The van der Waals surface area contributed by atoms with Crippen LogP contribution in [0, 0.1) is 0 Å². The lowest BCUT2D eigenvalue weighted by atomic mass is 10.4. The molecule has 1 aromatic rings. The molecule has 1 aliphatic heterocycles. The minimum atomic E-state index is -0.0463. The Hall–Kier alpha value is -1.14.